The lowest BCUT2D eigenvalue weighted by atomic mass is 10.2. The van der Waals surface area contributed by atoms with Gasteiger partial charge in [0.05, 0.1) is 0 Å². The number of hydrogen-bond donors (Lipinski definition) is 3. The summed E-state index contributed by atoms with van der Waals surface area (Å²) in [6, 6.07) is 5.31. The standard InChI is InChI=1S/C12H12ClN3O2/c1-6-5-8(13)3-4-9(6)14-11-10(12(17)18)7(2)15-16-11/h3-5H,1-2H3,(H,17,18)(H2,14,15,16). The van der Waals surface area contributed by atoms with Crippen molar-refractivity contribution in [1.29, 1.82) is 0 Å². The van der Waals surface area contributed by atoms with Crippen LogP contribution >= 0.6 is 11.6 Å². The molecule has 0 amide bonds. The topological polar surface area (TPSA) is 78.0 Å². The second kappa shape index (κ2) is 4.70. The average Bonchev–Trinajstić information content (AvgIpc) is 2.64. The Morgan fingerprint density at radius 1 is 1.44 bits per heavy atom. The maximum absolute atomic E-state index is 11.1. The molecule has 6 heteroatoms. The number of rotatable bonds is 3. The Balaban J connectivity index is 2.37. The normalized spacial score (nSPS) is 10.4. The van der Waals surface area contributed by atoms with Crippen molar-refractivity contribution >= 4 is 29.1 Å². The Kier molecular flexibility index (Phi) is 3.25. The molecule has 0 aliphatic carbocycles. The van der Waals surface area contributed by atoms with Crippen LogP contribution in [0, 0.1) is 13.8 Å². The molecule has 5 nitrogen and oxygen atoms in total. The highest BCUT2D eigenvalue weighted by molar-refractivity contribution is 6.30. The highest BCUT2D eigenvalue weighted by Gasteiger charge is 2.17. The fraction of sp³-hybridized carbons (Fsp3) is 0.167. The number of H-pyrrole nitrogens is 1. The molecule has 94 valence electrons. The Morgan fingerprint density at radius 2 is 2.17 bits per heavy atom. The van der Waals surface area contributed by atoms with Gasteiger partial charge in [-0.05, 0) is 37.6 Å². The molecule has 0 aliphatic rings. The van der Waals surface area contributed by atoms with Gasteiger partial charge in [-0.2, -0.15) is 5.10 Å². The largest absolute Gasteiger partial charge is 0.477 e. The summed E-state index contributed by atoms with van der Waals surface area (Å²) in [4.78, 5) is 11.1. The molecule has 2 rings (SSSR count). The second-order valence-electron chi connectivity index (χ2n) is 3.96. The van der Waals surface area contributed by atoms with E-state index in [9.17, 15) is 4.79 Å². The summed E-state index contributed by atoms with van der Waals surface area (Å²) < 4.78 is 0. The molecule has 0 fully saturated rings. The number of aromatic carboxylic acids is 1. The predicted octanol–water partition coefficient (Wildman–Crippen LogP) is 3.12. The maximum Gasteiger partial charge on any atom is 0.341 e. The molecule has 2 aromatic rings. The van der Waals surface area contributed by atoms with Gasteiger partial charge in [-0.3, -0.25) is 5.10 Å². The van der Waals surface area contributed by atoms with Crippen LogP contribution in [-0.4, -0.2) is 21.3 Å². The molecule has 0 radical (unpaired) electrons. The van der Waals surface area contributed by atoms with Gasteiger partial charge in [0.25, 0.3) is 0 Å². The van der Waals surface area contributed by atoms with Gasteiger partial charge in [0.1, 0.15) is 5.56 Å². The Labute approximate surface area is 109 Å². The number of carboxylic acid groups (broad SMARTS) is 1. The van der Waals surface area contributed by atoms with E-state index in [1.165, 1.54) is 0 Å². The predicted molar refractivity (Wildman–Crippen MR) is 69.8 cm³/mol. The van der Waals surface area contributed by atoms with Crippen molar-refractivity contribution in [3.05, 3.63) is 40.0 Å². The summed E-state index contributed by atoms with van der Waals surface area (Å²) in [5.41, 5.74) is 2.34. The van der Waals surface area contributed by atoms with Gasteiger partial charge in [0.2, 0.25) is 0 Å². The minimum absolute atomic E-state index is 0.143. The summed E-state index contributed by atoms with van der Waals surface area (Å²) in [6.45, 7) is 3.55. The van der Waals surface area contributed by atoms with E-state index in [1.807, 2.05) is 6.92 Å². The monoisotopic (exact) mass is 265 g/mol. The Hall–Kier alpha value is -2.01. The van der Waals surface area contributed by atoms with Crippen molar-refractivity contribution in [2.45, 2.75) is 13.8 Å². The van der Waals surface area contributed by atoms with E-state index in [4.69, 9.17) is 16.7 Å². The number of anilines is 2. The zero-order valence-corrected chi connectivity index (χ0v) is 10.7. The van der Waals surface area contributed by atoms with Gasteiger partial charge < -0.3 is 10.4 Å². The third-order valence-electron chi connectivity index (χ3n) is 2.60. The number of hydrogen-bond acceptors (Lipinski definition) is 3. The number of carboxylic acids is 1. The molecule has 0 saturated heterocycles. The summed E-state index contributed by atoms with van der Waals surface area (Å²) in [5.74, 6) is -0.721. The van der Waals surface area contributed by atoms with Crippen LogP contribution in [0.2, 0.25) is 5.02 Å². The van der Waals surface area contributed by atoms with Gasteiger partial charge in [0, 0.05) is 16.4 Å². The molecule has 0 aliphatic heterocycles. The molecule has 0 atom stereocenters. The SMILES string of the molecule is Cc1cc(Cl)ccc1Nc1n[nH]c(C)c1C(=O)O. The summed E-state index contributed by atoms with van der Waals surface area (Å²) >= 11 is 5.86. The van der Waals surface area contributed by atoms with Crippen LogP contribution < -0.4 is 5.32 Å². The zero-order valence-electron chi connectivity index (χ0n) is 9.91. The molecular weight excluding hydrogens is 254 g/mol. The molecule has 0 unspecified atom stereocenters. The molecule has 3 N–H and O–H groups in total. The molecule has 1 aromatic heterocycles. The first kappa shape index (κ1) is 12.4. The first-order valence-corrected chi connectivity index (χ1v) is 5.68. The number of aryl methyl sites for hydroxylation is 2. The van der Waals surface area contributed by atoms with E-state index in [0.29, 0.717) is 16.5 Å². The van der Waals surface area contributed by atoms with Crippen molar-refractivity contribution < 1.29 is 9.90 Å². The molecule has 0 spiro atoms. The van der Waals surface area contributed by atoms with Gasteiger partial charge >= 0.3 is 5.97 Å². The fourth-order valence-electron chi connectivity index (χ4n) is 1.68. The lowest BCUT2D eigenvalue weighted by Gasteiger charge is -2.08. The van der Waals surface area contributed by atoms with E-state index in [2.05, 4.69) is 15.5 Å². The van der Waals surface area contributed by atoms with Crippen LogP contribution in [0.4, 0.5) is 11.5 Å². The van der Waals surface area contributed by atoms with Crippen molar-refractivity contribution in [2.75, 3.05) is 5.32 Å². The fourth-order valence-corrected chi connectivity index (χ4v) is 1.90. The number of halogens is 1. The van der Waals surface area contributed by atoms with Crippen LogP contribution in [0.25, 0.3) is 0 Å². The van der Waals surface area contributed by atoms with Crippen LogP contribution in [0.15, 0.2) is 18.2 Å². The summed E-state index contributed by atoms with van der Waals surface area (Å²) in [6.07, 6.45) is 0. The van der Waals surface area contributed by atoms with Crippen molar-refractivity contribution in [1.82, 2.24) is 10.2 Å². The molecule has 0 bridgehead atoms. The van der Waals surface area contributed by atoms with Crippen molar-refractivity contribution in [3.63, 3.8) is 0 Å². The molecule has 1 aromatic carbocycles. The molecule has 18 heavy (non-hydrogen) atoms. The highest BCUT2D eigenvalue weighted by atomic mass is 35.5. The number of nitrogens with one attached hydrogen (secondary N) is 2. The van der Waals surface area contributed by atoms with Crippen LogP contribution in [0.3, 0.4) is 0 Å². The third kappa shape index (κ3) is 2.31. The molecule has 0 saturated carbocycles. The van der Waals surface area contributed by atoms with E-state index in [0.717, 1.165) is 11.3 Å². The zero-order chi connectivity index (χ0) is 13.3. The third-order valence-corrected chi connectivity index (χ3v) is 2.84. The Bertz CT molecular complexity index is 607. The molecular formula is C12H12ClN3O2. The van der Waals surface area contributed by atoms with Gasteiger partial charge in [0.15, 0.2) is 5.82 Å². The number of aromatic amines is 1. The second-order valence-corrected chi connectivity index (χ2v) is 4.40. The summed E-state index contributed by atoms with van der Waals surface area (Å²) in [7, 11) is 0. The Morgan fingerprint density at radius 3 is 2.78 bits per heavy atom. The van der Waals surface area contributed by atoms with Crippen LogP contribution in [-0.2, 0) is 0 Å². The van der Waals surface area contributed by atoms with Crippen molar-refractivity contribution in [3.8, 4) is 0 Å². The smallest absolute Gasteiger partial charge is 0.341 e. The van der Waals surface area contributed by atoms with Gasteiger partial charge in [-0.15, -0.1) is 0 Å². The van der Waals surface area contributed by atoms with E-state index >= 15 is 0 Å². The number of aromatic nitrogens is 2. The summed E-state index contributed by atoms with van der Waals surface area (Å²) in [5, 5.41) is 19.3. The maximum atomic E-state index is 11.1. The average molecular weight is 266 g/mol. The van der Waals surface area contributed by atoms with Gasteiger partial charge in [-0.25, -0.2) is 4.79 Å². The van der Waals surface area contributed by atoms with Crippen LogP contribution in [0.1, 0.15) is 21.6 Å². The van der Waals surface area contributed by atoms with Crippen molar-refractivity contribution in [2.24, 2.45) is 0 Å². The quantitative estimate of drug-likeness (QED) is 0.797. The highest BCUT2D eigenvalue weighted by Crippen LogP contribution is 2.25. The van der Waals surface area contributed by atoms with E-state index < -0.39 is 5.97 Å². The number of nitrogens with zero attached hydrogens (tertiary/aromatic N) is 1. The lowest BCUT2D eigenvalue weighted by molar-refractivity contribution is 0.0697. The molecule has 1 heterocycles. The van der Waals surface area contributed by atoms with Gasteiger partial charge in [-0.1, -0.05) is 11.6 Å². The minimum atomic E-state index is -1.02. The first-order chi connectivity index (χ1) is 8.49. The first-order valence-electron chi connectivity index (χ1n) is 5.30. The lowest BCUT2D eigenvalue weighted by Crippen LogP contribution is -2.03. The van der Waals surface area contributed by atoms with E-state index in [-0.39, 0.29) is 5.56 Å². The minimum Gasteiger partial charge on any atom is -0.477 e. The van der Waals surface area contributed by atoms with Crippen LogP contribution in [0.5, 0.6) is 0 Å². The number of carbonyl (C=O) groups is 1. The van der Waals surface area contributed by atoms with E-state index in [1.54, 1.807) is 25.1 Å². The number of benzene rings is 1.